The number of nitriles is 1. The summed E-state index contributed by atoms with van der Waals surface area (Å²) in [6.07, 6.45) is -1.05. The van der Waals surface area contributed by atoms with Gasteiger partial charge in [-0.25, -0.2) is 4.79 Å². The Morgan fingerprint density at radius 2 is 1.89 bits per heavy atom. The van der Waals surface area contributed by atoms with Crippen molar-refractivity contribution in [3.63, 3.8) is 0 Å². The van der Waals surface area contributed by atoms with Gasteiger partial charge in [0.15, 0.2) is 11.9 Å². The van der Waals surface area contributed by atoms with Gasteiger partial charge in [-0.2, -0.15) is 5.26 Å². The first-order chi connectivity index (χ1) is 12.8. The summed E-state index contributed by atoms with van der Waals surface area (Å²) in [6.45, 7) is 1.43. The lowest BCUT2D eigenvalue weighted by atomic mass is 10.2. The number of rotatable bonds is 6. The molecule has 0 aromatic heterocycles. The fraction of sp³-hybridized carbons (Fsp3) is 0.167. The van der Waals surface area contributed by atoms with Gasteiger partial charge < -0.3 is 14.8 Å². The topological polar surface area (TPSA) is 132 Å². The summed E-state index contributed by atoms with van der Waals surface area (Å²) in [5.41, 5.74) is 0.422. The number of benzene rings is 2. The van der Waals surface area contributed by atoms with E-state index in [4.69, 9.17) is 10.00 Å². The van der Waals surface area contributed by atoms with E-state index in [1.165, 1.54) is 31.2 Å². The Kier molecular flexibility index (Phi) is 6.06. The van der Waals surface area contributed by atoms with Crippen molar-refractivity contribution in [1.82, 2.24) is 0 Å². The second kappa shape index (κ2) is 8.44. The number of esters is 1. The number of carbonyl (C=O) groups is 2. The maximum Gasteiger partial charge on any atom is 0.338 e. The van der Waals surface area contributed by atoms with E-state index in [0.717, 1.165) is 13.2 Å². The fourth-order valence-corrected chi connectivity index (χ4v) is 2.12. The number of nitro groups is 1. The molecule has 2 rings (SSSR count). The Morgan fingerprint density at radius 1 is 1.22 bits per heavy atom. The molecule has 0 aliphatic carbocycles. The molecular weight excluding hydrogens is 354 g/mol. The van der Waals surface area contributed by atoms with Crippen LogP contribution in [0.2, 0.25) is 0 Å². The molecule has 9 heteroatoms. The first kappa shape index (κ1) is 19.4. The lowest BCUT2D eigenvalue weighted by Crippen LogP contribution is -2.30. The third-order valence-corrected chi connectivity index (χ3v) is 3.53. The zero-order valence-electron chi connectivity index (χ0n) is 14.5. The molecule has 0 aliphatic rings. The predicted octanol–water partition coefficient (Wildman–Crippen LogP) is 2.66. The molecule has 1 atom stereocenters. The third kappa shape index (κ3) is 4.79. The number of nitro benzene ring substituents is 1. The molecule has 0 saturated carbocycles. The van der Waals surface area contributed by atoms with Crippen LogP contribution in [0.5, 0.6) is 5.75 Å². The second-order valence-electron chi connectivity index (χ2n) is 5.37. The van der Waals surface area contributed by atoms with E-state index in [1.807, 2.05) is 6.07 Å². The van der Waals surface area contributed by atoms with Gasteiger partial charge in [0.25, 0.3) is 5.91 Å². The lowest BCUT2D eigenvalue weighted by Gasteiger charge is -2.15. The van der Waals surface area contributed by atoms with Gasteiger partial charge in [0, 0.05) is 11.8 Å². The van der Waals surface area contributed by atoms with Crippen LogP contribution in [0.3, 0.4) is 0 Å². The Bertz CT molecular complexity index is 918. The summed E-state index contributed by atoms with van der Waals surface area (Å²) >= 11 is 0. The van der Waals surface area contributed by atoms with Gasteiger partial charge in [-0.05, 0) is 43.3 Å². The molecular formula is C18H15N3O6. The highest BCUT2D eigenvalue weighted by Gasteiger charge is 2.23. The van der Waals surface area contributed by atoms with E-state index in [2.05, 4.69) is 10.1 Å². The van der Waals surface area contributed by atoms with Gasteiger partial charge in [0.1, 0.15) is 0 Å². The molecule has 138 valence electrons. The van der Waals surface area contributed by atoms with Crippen molar-refractivity contribution in [2.24, 2.45) is 0 Å². The quantitative estimate of drug-likeness (QED) is 0.470. The zero-order valence-corrected chi connectivity index (χ0v) is 14.5. The van der Waals surface area contributed by atoms with Crippen LogP contribution < -0.4 is 10.1 Å². The normalized spacial score (nSPS) is 11.0. The Hall–Kier alpha value is -3.93. The first-order valence-corrected chi connectivity index (χ1v) is 7.70. The minimum Gasteiger partial charge on any atom is -0.474 e. The van der Waals surface area contributed by atoms with Gasteiger partial charge in [0.2, 0.25) is 0 Å². The zero-order chi connectivity index (χ0) is 20.0. The lowest BCUT2D eigenvalue weighted by molar-refractivity contribution is -0.386. The first-order valence-electron chi connectivity index (χ1n) is 7.70. The van der Waals surface area contributed by atoms with Crippen molar-refractivity contribution in [3.8, 4) is 11.8 Å². The molecule has 0 bridgehead atoms. The molecule has 0 radical (unpaired) electrons. The van der Waals surface area contributed by atoms with Crippen LogP contribution in [0.15, 0.2) is 42.5 Å². The number of methoxy groups -OCH3 is 1. The minimum absolute atomic E-state index is 0.00811. The number of nitrogens with zero attached hydrogens (tertiary/aromatic N) is 2. The van der Waals surface area contributed by atoms with Crippen molar-refractivity contribution in [1.29, 1.82) is 5.26 Å². The number of hydrogen-bond donors (Lipinski definition) is 1. The highest BCUT2D eigenvalue weighted by molar-refractivity contribution is 5.94. The van der Waals surface area contributed by atoms with Gasteiger partial charge in [-0.15, -0.1) is 0 Å². The standard InChI is InChI=1S/C18H15N3O6/c1-11(17(22)20-14-6-3-12(10-19)4-7-14)27-16-8-5-13(18(23)26-2)9-15(16)21(24)25/h3-9,11H,1-2H3,(H,20,22)/t11-/m0/s1. The summed E-state index contributed by atoms with van der Waals surface area (Å²) in [5.74, 6) is -1.42. The van der Waals surface area contributed by atoms with Crippen LogP contribution in [0.1, 0.15) is 22.8 Å². The maximum absolute atomic E-state index is 12.2. The summed E-state index contributed by atoms with van der Waals surface area (Å²) in [6, 6.07) is 11.7. The number of anilines is 1. The van der Waals surface area contributed by atoms with Crippen LogP contribution in [-0.2, 0) is 9.53 Å². The average Bonchev–Trinajstić information content (AvgIpc) is 2.67. The average molecular weight is 369 g/mol. The smallest absolute Gasteiger partial charge is 0.338 e. The van der Waals surface area contributed by atoms with Crippen molar-refractivity contribution in [2.75, 3.05) is 12.4 Å². The molecule has 0 heterocycles. The summed E-state index contributed by atoms with van der Waals surface area (Å²) in [7, 11) is 1.16. The Balaban J connectivity index is 2.14. The molecule has 2 aromatic rings. The van der Waals surface area contributed by atoms with E-state index in [-0.39, 0.29) is 11.3 Å². The van der Waals surface area contributed by atoms with E-state index >= 15 is 0 Å². The number of nitrogens with one attached hydrogen (secondary N) is 1. The SMILES string of the molecule is COC(=O)c1ccc(O[C@@H](C)C(=O)Nc2ccc(C#N)cc2)c([N+](=O)[O-])c1. The molecule has 0 aliphatic heterocycles. The van der Waals surface area contributed by atoms with E-state index in [0.29, 0.717) is 11.3 Å². The minimum atomic E-state index is -1.05. The summed E-state index contributed by atoms with van der Waals surface area (Å²) < 4.78 is 9.92. The van der Waals surface area contributed by atoms with Crippen molar-refractivity contribution >= 4 is 23.3 Å². The Labute approximate surface area is 154 Å². The van der Waals surface area contributed by atoms with E-state index in [9.17, 15) is 19.7 Å². The molecule has 27 heavy (non-hydrogen) atoms. The highest BCUT2D eigenvalue weighted by Crippen LogP contribution is 2.29. The largest absolute Gasteiger partial charge is 0.474 e. The summed E-state index contributed by atoms with van der Waals surface area (Å²) in [4.78, 5) is 34.3. The molecule has 1 amide bonds. The van der Waals surface area contributed by atoms with Crippen molar-refractivity contribution in [2.45, 2.75) is 13.0 Å². The van der Waals surface area contributed by atoms with Crippen LogP contribution in [-0.4, -0.2) is 30.0 Å². The van der Waals surface area contributed by atoms with Gasteiger partial charge in [-0.3, -0.25) is 14.9 Å². The van der Waals surface area contributed by atoms with Gasteiger partial charge in [0.05, 0.1) is 29.2 Å². The highest BCUT2D eigenvalue weighted by atomic mass is 16.6. The molecule has 2 aromatic carbocycles. The fourth-order valence-electron chi connectivity index (χ4n) is 2.12. The number of hydrogen-bond acceptors (Lipinski definition) is 7. The predicted molar refractivity (Wildman–Crippen MR) is 94.3 cm³/mol. The Morgan fingerprint density at radius 3 is 2.44 bits per heavy atom. The molecule has 0 saturated heterocycles. The van der Waals surface area contributed by atoms with Crippen LogP contribution >= 0.6 is 0 Å². The monoisotopic (exact) mass is 369 g/mol. The van der Waals surface area contributed by atoms with Crippen molar-refractivity contribution < 1.29 is 24.0 Å². The van der Waals surface area contributed by atoms with Gasteiger partial charge >= 0.3 is 11.7 Å². The summed E-state index contributed by atoms with van der Waals surface area (Å²) in [5, 5.41) is 22.6. The molecule has 0 unspecified atom stereocenters. The molecule has 0 spiro atoms. The van der Waals surface area contributed by atoms with Gasteiger partial charge in [-0.1, -0.05) is 0 Å². The van der Waals surface area contributed by atoms with Crippen LogP contribution in [0.4, 0.5) is 11.4 Å². The number of carbonyl (C=O) groups excluding carboxylic acids is 2. The van der Waals surface area contributed by atoms with E-state index in [1.54, 1.807) is 12.1 Å². The molecule has 9 nitrogen and oxygen atoms in total. The molecule has 1 N–H and O–H groups in total. The van der Waals surface area contributed by atoms with E-state index < -0.39 is 28.6 Å². The second-order valence-corrected chi connectivity index (χ2v) is 5.37. The number of ether oxygens (including phenoxy) is 2. The molecule has 0 fully saturated rings. The number of amides is 1. The van der Waals surface area contributed by atoms with Crippen LogP contribution in [0.25, 0.3) is 0 Å². The van der Waals surface area contributed by atoms with Crippen LogP contribution in [0, 0.1) is 21.4 Å². The van der Waals surface area contributed by atoms with Crippen molar-refractivity contribution in [3.05, 3.63) is 63.7 Å². The maximum atomic E-state index is 12.2. The third-order valence-electron chi connectivity index (χ3n) is 3.53.